The number of fused-ring (bicyclic) bond motifs is 1. The number of nitriles is 1. The number of aromatic nitrogens is 2. The van der Waals surface area contributed by atoms with E-state index in [4.69, 9.17) is 15.6 Å². The molecule has 37 heavy (non-hydrogen) atoms. The highest BCUT2D eigenvalue weighted by Gasteiger charge is 2.35. The van der Waals surface area contributed by atoms with Gasteiger partial charge in [0, 0.05) is 32.7 Å². The van der Waals surface area contributed by atoms with E-state index in [1.54, 1.807) is 58.1 Å². The molecule has 5 rings (SSSR count). The maximum absolute atomic E-state index is 12.5. The number of hydrogen-bond acceptors (Lipinski definition) is 7. The van der Waals surface area contributed by atoms with E-state index >= 15 is 0 Å². The van der Waals surface area contributed by atoms with Gasteiger partial charge in [0.2, 0.25) is 5.91 Å². The smallest absolute Gasteiger partial charge is 0.269 e. The molecule has 2 aromatic carbocycles. The molecular formula is C27H27N7O3. The van der Waals surface area contributed by atoms with Gasteiger partial charge >= 0.3 is 0 Å². The van der Waals surface area contributed by atoms with Gasteiger partial charge in [-0.1, -0.05) is 18.7 Å². The van der Waals surface area contributed by atoms with E-state index in [1.807, 2.05) is 0 Å². The first-order valence-corrected chi connectivity index (χ1v) is 12.1. The van der Waals surface area contributed by atoms with Gasteiger partial charge in [-0.05, 0) is 48.9 Å². The summed E-state index contributed by atoms with van der Waals surface area (Å²) in [4.78, 5) is 28.6. The van der Waals surface area contributed by atoms with E-state index in [9.17, 15) is 14.9 Å². The Kier molecular flexibility index (Phi) is 6.62. The molecule has 1 fully saturated rings. The van der Waals surface area contributed by atoms with Crippen molar-refractivity contribution in [1.82, 2.24) is 19.6 Å². The Labute approximate surface area is 214 Å². The molecule has 188 valence electrons. The van der Waals surface area contributed by atoms with Gasteiger partial charge in [0.05, 0.1) is 23.0 Å². The summed E-state index contributed by atoms with van der Waals surface area (Å²) in [5.74, 6) is 0.375. The SMILES string of the molecule is C=CC(=O)N1CCN([C@@H]2CCNc3c2nn(-c2ccc(Oc4ccccc4C#N)cc2)c3C(N)=O)CC1. The van der Waals surface area contributed by atoms with E-state index in [0.717, 1.165) is 12.1 Å². The van der Waals surface area contributed by atoms with Crippen molar-refractivity contribution >= 4 is 17.5 Å². The number of piperazine rings is 1. The van der Waals surface area contributed by atoms with Crippen molar-refractivity contribution in [2.45, 2.75) is 12.5 Å². The van der Waals surface area contributed by atoms with Gasteiger partial charge in [-0.2, -0.15) is 10.4 Å². The van der Waals surface area contributed by atoms with Crippen molar-refractivity contribution in [3.8, 4) is 23.3 Å². The number of benzene rings is 2. The fourth-order valence-corrected chi connectivity index (χ4v) is 4.90. The Bertz CT molecular complexity index is 1380. The number of amides is 2. The molecule has 3 N–H and O–H groups in total. The van der Waals surface area contributed by atoms with Crippen molar-refractivity contribution in [3.05, 3.63) is 78.1 Å². The molecular weight excluding hydrogens is 470 g/mol. The number of nitrogens with zero attached hydrogens (tertiary/aromatic N) is 5. The minimum absolute atomic E-state index is 0.00155. The lowest BCUT2D eigenvalue weighted by molar-refractivity contribution is -0.128. The van der Waals surface area contributed by atoms with Crippen LogP contribution in [0.5, 0.6) is 11.5 Å². The summed E-state index contributed by atoms with van der Waals surface area (Å²) in [6.07, 6.45) is 2.17. The molecule has 1 aromatic heterocycles. The highest BCUT2D eigenvalue weighted by Crippen LogP contribution is 2.37. The standard InChI is InChI=1S/C27H27N7O3/c1-2-23(35)33-15-13-32(14-16-33)21-11-12-30-25-24(21)31-34(26(25)27(29)36)19-7-9-20(10-8-19)37-22-6-4-3-5-18(22)17-28/h2-10,21,30H,1,11-16H2,(H2,29,36)/t21-/m1/s1. The zero-order valence-corrected chi connectivity index (χ0v) is 20.3. The van der Waals surface area contributed by atoms with Crippen molar-refractivity contribution in [2.24, 2.45) is 5.73 Å². The van der Waals surface area contributed by atoms with E-state index in [0.29, 0.717) is 66.9 Å². The fraction of sp³-hybridized carbons (Fsp3) is 0.259. The second-order valence-electron chi connectivity index (χ2n) is 8.89. The minimum atomic E-state index is -0.577. The van der Waals surface area contributed by atoms with Gasteiger partial charge in [-0.25, -0.2) is 4.68 Å². The van der Waals surface area contributed by atoms with Gasteiger partial charge < -0.3 is 20.7 Å². The van der Waals surface area contributed by atoms with Crippen molar-refractivity contribution in [1.29, 1.82) is 5.26 Å². The number of hydrogen-bond donors (Lipinski definition) is 2. The third-order valence-corrected chi connectivity index (χ3v) is 6.74. The quantitative estimate of drug-likeness (QED) is 0.501. The Morgan fingerprint density at radius 2 is 1.86 bits per heavy atom. The highest BCUT2D eigenvalue weighted by molar-refractivity contribution is 5.98. The van der Waals surface area contributed by atoms with Crippen LogP contribution in [0.25, 0.3) is 5.69 Å². The van der Waals surface area contributed by atoms with Crippen LogP contribution >= 0.6 is 0 Å². The van der Waals surface area contributed by atoms with Crippen molar-refractivity contribution in [3.63, 3.8) is 0 Å². The van der Waals surface area contributed by atoms with Gasteiger partial charge in [0.15, 0.2) is 5.69 Å². The molecule has 2 aliphatic rings. The first kappa shape index (κ1) is 24.1. The van der Waals surface area contributed by atoms with Gasteiger partial charge in [-0.3, -0.25) is 14.5 Å². The Hall–Kier alpha value is -4.62. The number of para-hydroxylation sites is 1. The van der Waals surface area contributed by atoms with Gasteiger partial charge in [-0.15, -0.1) is 0 Å². The molecule has 3 aromatic rings. The van der Waals surface area contributed by atoms with Crippen LogP contribution in [0, 0.1) is 11.3 Å². The van der Waals surface area contributed by atoms with Gasteiger partial charge in [0.1, 0.15) is 23.3 Å². The summed E-state index contributed by atoms with van der Waals surface area (Å²) >= 11 is 0. The lowest BCUT2D eigenvalue weighted by Crippen LogP contribution is -2.50. The molecule has 0 radical (unpaired) electrons. The summed E-state index contributed by atoms with van der Waals surface area (Å²) in [6.45, 7) is 6.90. The largest absolute Gasteiger partial charge is 0.456 e. The van der Waals surface area contributed by atoms with Crippen LogP contribution < -0.4 is 15.8 Å². The van der Waals surface area contributed by atoms with E-state index in [2.05, 4.69) is 22.9 Å². The molecule has 0 unspecified atom stereocenters. The number of rotatable bonds is 6. The third-order valence-electron chi connectivity index (χ3n) is 6.74. The number of primary amides is 1. The Morgan fingerprint density at radius 3 is 2.54 bits per heavy atom. The molecule has 10 heteroatoms. The third kappa shape index (κ3) is 4.64. The summed E-state index contributed by atoms with van der Waals surface area (Å²) in [5, 5.41) is 17.5. The summed E-state index contributed by atoms with van der Waals surface area (Å²) in [5.41, 5.74) is 8.63. The lowest BCUT2D eigenvalue weighted by atomic mass is 10.0. The van der Waals surface area contributed by atoms with Gasteiger partial charge in [0.25, 0.3) is 5.91 Å². The minimum Gasteiger partial charge on any atom is -0.456 e. The topological polar surface area (TPSA) is 130 Å². The maximum Gasteiger partial charge on any atom is 0.269 e. The molecule has 2 aliphatic heterocycles. The monoisotopic (exact) mass is 497 g/mol. The second kappa shape index (κ2) is 10.2. The Morgan fingerprint density at radius 1 is 1.14 bits per heavy atom. The Balaban J connectivity index is 1.42. The number of anilines is 1. The van der Waals surface area contributed by atoms with Crippen LogP contribution in [-0.2, 0) is 4.79 Å². The number of carbonyl (C=O) groups excluding carboxylic acids is 2. The first-order valence-electron chi connectivity index (χ1n) is 12.1. The van der Waals surface area contributed by atoms with Crippen LogP contribution in [-0.4, -0.2) is 64.1 Å². The first-order chi connectivity index (χ1) is 18.0. The summed E-state index contributed by atoms with van der Waals surface area (Å²) in [6, 6.07) is 16.2. The molecule has 0 saturated carbocycles. The van der Waals surface area contributed by atoms with Crippen molar-refractivity contribution in [2.75, 3.05) is 38.0 Å². The van der Waals surface area contributed by atoms with E-state index in [-0.39, 0.29) is 11.9 Å². The molecule has 0 aliphatic carbocycles. The predicted octanol–water partition coefficient (Wildman–Crippen LogP) is 2.82. The fourth-order valence-electron chi connectivity index (χ4n) is 4.90. The van der Waals surface area contributed by atoms with E-state index in [1.165, 1.54) is 6.08 Å². The predicted molar refractivity (Wildman–Crippen MR) is 138 cm³/mol. The molecule has 3 heterocycles. The average Bonchev–Trinajstić information content (AvgIpc) is 3.33. The van der Waals surface area contributed by atoms with E-state index < -0.39 is 5.91 Å². The molecule has 2 amide bonds. The zero-order chi connectivity index (χ0) is 25.9. The molecule has 1 atom stereocenters. The summed E-state index contributed by atoms with van der Waals surface area (Å²) < 4.78 is 7.46. The second-order valence-corrected chi connectivity index (χ2v) is 8.89. The highest BCUT2D eigenvalue weighted by atomic mass is 16.5. The average molecular weight is 498 g/mol. The normalized spacial score (nSPS) is 17.3. The van der Waals surface area contributed by atoms with Crippen LogP contribution in [0.3, 0.4) is 0 Å². The molecule has 0 bridgehead atoms. The van der Waals surface area contributed by atoms with Crippen LogP contribution in [0.1, 0.15) is 34.2 Å². The number of carbonyl (C=O) groups is 2. The number of nitrogens with two attached hydrogens (primary N) is 1. The van der Waals surface area contributed by atoms with Crippen LogP contribution in [0.15, 0.2) is 61.2 Å². The van der Waals surface area contributed by atoms with Crippen molar-refractivity contribution < 1.29 is 14.3 Å². The van der Waals surface area contributed by atoms with Crippen LogP contribution in [0.4, 0.5) is 5.69 Å². The molecule has 0 spiro atoms. The van der Waals surface area contributed by atoms with Crippen LogP contribution in [0.2, 0.25) is 0 Å². The molecule has 1 saturated heterocycles. The zero-order valence-electron chi connectivity index (χ0n) is 20.3. The lowest BCUT2D eigenvalue weighted by Gasteiger charge is -2.40. The molecule has 10 nitrogen and oxygen atoms in total. The maximum atomic E-state index is 12.5. The number of ether oxygens (including phenoxy) is 1. The number of nitrogens with one attached hydrogen (secondary N) is 1. The summed E-state index contributed by atoms with van der Waals surface area (Å²) in [7, 11) is 0.